The predicted molar refractivity (Wildman–Crippen MR) is 82.8 cm³/mol. The van der Waals surface area contributed by atoms with Crippen LogP contribution in [0.4, 0.5) is 0 Å². The molecule has 0 bridgehead atoms. The van der Waals surface area contributed by atoms with Gasteiger partial charge >= 0.3 is 0 Å². The molecule has 1 heterocycles. The standard InChI is InChI=1S/C16H26N2O3/c1-5-7-13-14(11(4)19)10(3)18-15(13)16(21)17-9-8-12(20)6-2/h12,18,20H,5-9H2,1-4H3,(H,17,21). The molecule has 0 spiro atoms. The number of nitrogens with one attached hydrogen (secondary N) is 2. The van der Waals surface area contributed by atoms with E-state index in [0.717, 1.165) is 17.7 Å². The van der Waals surface area contributed by atoms with Crippen molar-refractivity contribution >= 4 is 11.7 Å². The van der Waals surface area contributed by atoms with Crippen molar-refractivity contribution < 1.29 is 14.7 Å². The van der Waals surface area contributed by atoms with Crippen molar-refractivity contribution in [3.8, 4) is 0 Å². The summed E-state index contributed by atoms with van der Waals surface area (Å²) in [6.45, 7) is 7.68. The number of hydrogen-bond donors (Lipinski definition) is 3. The molecule has 0 fully saturated rings. The van der Waals surface area contributed by atoms with Crippen molar-refractivity contribution in [2.24, 2.45) is 0 Å². The van der Waals surface area contributed by atoms with Gasteiger partial charge in [0, 0.05) is 17.8 Å². The lowest BCUT2D eigenvalue weighted by atomic mass is 10.0. The van der Waals surface area contributed by atoms with Crippen LogP contribution >= 0.6 is 0 Å². The van der Waals surface area contributed by atoms with Crippen LogP contribution < -0.4 is 5.32 Å². The van der Waals surface area contributed by atoms with Crippen LogP contribution in [0.3, 0.4) is 0 Å². The van der Waals surface area contributed by atoms with Crippen molar-refractivity contribution in [2.75, 3.05) is 6.54 Å². The molecular formula is C16H26N2O3. The molecule has 0 saturated heterocycles. The molecule has 1 atom stereocenters. The molecule has 5 heteroatoms. The summed E-state index contributed by atoms with van der Waals surface area (Å²) in [5.74, 6) is -0.231. The van der Waals surface area contributed by atoms with Crippen LogP contribution in [0.2, 0.25) is 0 Å². The molecule has 1 amide bonds. The molecule has 0 aliphatic rings. The summed E-state index contributed by atoms with van der Waals surface area (Å²) in [5.41, 5.74) is 2.65. The highest BCUT2D eigenvalue weighted by Gasteiger charge is 2.21. The molecule has 0 radical (unpaired) electrons. The molecule has 0 aliphatic heterocycles. The molecule has 0 aromatic carbocycles. The van der Waals surface area contributed by atoms with E-state index < -0.39 is 6.10 Å². The Balaban J connectivity index is 2.88. The third kappa shape index (κ3) is 4.43. The number of aromatic nitrogens is 1. The summed E-state index contributed by atoms with van der Waals surface area (Å²) in [6.07, 6.45) is 2.38. The van der Waals surface area contributed by atoms with Gasteiger partial charge in [0.15, 0.2) is 5.78 Å². The first-order chi connectivity index (χ1) is 9.92. The molecular weight excluding hydrogens is 268 g/mol. The van der Waals surface area contributed by atoms with Crippen LogP contribution in [0.1, 0.15) is 72.1 Å². The Morgan fingerprint density at radius 1 is 1.33 bits per heavy atom. The minimum absolute atomic E-state index is 0.0207. The number of aryl methyl sites for hydroxylation is 1. The zero-order valence-corrected chi connectivity index (χ0v) is 13.4. The summed E-state index contributed by atoms with van der Waals surface area (Å²) in [7, 11) is 0. The van der Waals surface area contributed by atoms with Gasteiger partial charge in [-0.3, -0.25) is 9.59 Å². The fourth-order valence-corrected chi connectivity index (χ4v) is 2.49. The highest BCUT2D eigenvalue weighted by atomic mass is 16.3. The summed E-state index contributed by atoms with van der Waals surface area (Å²) in [6, 6.07) is 0. The van der Waals surface area contributed by atoms with E-state index in [4.69, 9.17) is 0 Å². The van der Waals surface area contributed by atoms with Crippen LogP contribution in [0, 0.1) is 6.92 Å². The van der Waals surface area contributed by atoms with Gasteiger partial charge in [-0.1, -0.05) is 20.3 Å². The highest BCUT2D eigenvalue weighted by Crippen LogP contribution is 2.21. The third-order valence-electron chi connectivity index (χ3n) is 3.60. The van der Waals surface area contributed by atoms with E-state index in [-0.39, 0.29) is 11.7 Å². The van der Waals surface area contributed by atoms with Crippen LogP contribution in [0.25, 0.3) is 0 Å². The molecule has 118 valence electrons. The van der Waals surface area contributed by atoms with E-state index in [2.05, 4.69) is 10.3 Å². The molecule has 1 unspecified atom stereocenters. The number of carbonyl (C=O) groups is 2. The molecule has 1 aromatic rings. The first-order valence-electron chi connectivity index (χ1n) is 7.60. The van der Waals surface area contributed by atoms with Crippen molar-refractivity contribution in [1.29, 1.82) is 0 Å². The lowest BCUT2D eigenvalue weighted by Crippen LogP contribution is -2.28. The zero-order chi connectivity index (χ0) is 16.0. The fourth-order valence-electron chi connectivity index (χ4n) is 2.49. The second-order valence-corrected chi connectivity index (χ2v) is 5.39. The third-order valence-corrected chi connectivity index (χ3v) is 3.60. The average molecular weight is 294 g/mol. The van der Waals surface area contributed by atoms with Crippen molar-refractivity contribution in [1.82, 2.24) is 10.3 Å². The normalized spacial score (nSPS) is 12.2. The van der Waals surface area contributed by atoms with Crippen molar-refractivity contribution in [3.05, 3.63) is 22.5 Å². The van der Waals surface area contributed by atoms with Crippen LogP contribution in [0.5, 0.6) is 0 Å². The SMILES string of the molecule is CCCc1c(C(=O)NCCC(O)CC)[nH]c(C)c1C(C)=O. The minimum atomic E-state index is -0.390. The number of aliphatic hydroxyl groups excluding tert-OH is 1. The molecule has 21 heavy (non-hydrogen) atoms. The van der Waals surface area contributed by atoms with Gasteiger partial charge in [-0.15, -0.1) is 0 Å². The van der Waals surface area contributed by atoms with Gasteiger partial charge in [0.25, 0.3) is 5.91 Å². The van der Waals surface area contributed by atoms with Crippen LogP contribution in [-0.4, -0.2) is 34.4 Å². The molecule has 0 aliphatic carbocycles. The van der Waals surface area contributed by atoms with E-state index >= 15 is 0 Å². The number of rotatable bonds is 8. The molecule has 3 N–H and O–H groups in total. The Bertz CT molecular complexity index is 506. The van der Waals surface area contributed by atoms with E-state index in [0.29, 0.717) is 37.1 Å². The molecule has 1 rings (SSSR count). The molecule has 5 nitrogen and oxygen atoms in total. The van der Waals surface area contributed by atoms with Crippen molar-refractivity contribution in [2.45, 2.75) is 59.5 Å². The van der Waals surface area contributed by atoms with Gasteiger partial charge in [0.2, 0.25) is 0 Å². The fraction of sp³-hybridized carbons (Fsp3) is 0.625. The predicted octanol–water partition coefficient (Wildman–Crippen LogP) is 2.37. The number of H-pyrrole nitrogens is 1. The quantitative estimate of drug-likeness (QED) is 0.644. The average Bonchev–Trinajstić information content (AvgIpc) is 2.75. The largest absolute Gasteiger partial charge is 0.393 e. The van der Waals surface area contributed by atoms with Gasteiger partial charge in [0.1, 0.15) is 5.69 Å². The zero-order valence-electron chi connectivity index (χ0n) is 13.4. The maximum Gasteiger partial charge on any atom is 0.268 e. The van der Waals surface area contributed by atoms with Gasteiger partial charge in [-0.25, -0.2) is 0 Å². The summed E-state index contributed by atoms with van der Waals surface area (Å²) >= 11 is 0. The number of carbonyl (C=O) groups excluding carboxylic acids is 2. The molecule has 1 aromatic heterocycles. The summed E-state index contributed by atoms with van der Waals surface area (Å²) in [5, 5.41) is 12.3. The number of ketones is 1. The topological polar surface area (TPSA) is 82.2 Å². The Labute approximate surface area is 126 Å². The number of amides is 1. The number of Topliss-reactive ketones (excluding diaryl/α,β-unsaturated/α-hetero) is 1. The van der Waals surface area contributed by atoms with Gasteiger partial charge in [-0.05, 0) is 38.7 Å². The van der Waals surface area contributed by atoms with Crippen LogP contribution in [0.15, 0.2) is 0 Å². The number of aromatic amines is 1. The van der Waals surface area contributed by atoms with Gasteiger partial charge < -0.3 is 15.4 Å². The van der Waals surface area contributed by atoms with E-state index in [1.807, 2.05) is 20.8 Å². The van der Waals surface area contributed by atoms with Crippen molar-refractivity contribution in [3.63, 3.8) is 0 Å². The van der Waals surface area contributed by atoms with Crippen LogP contribution in [-0.2, 0) is 6.42 Å². The monoisotopic (exact) mass is 294 g/mol. The van der Waals surface area contributed by atoms with E-state index in [1.165, 1.54) is 6.92 Å². The Morgan fingerprint density at radius 3 is 2.52 bits per heavy atom. The first kappa shape index (κ1) is 17.4. The lowest BCUT2D eigenvalue weighted by molar-refractivity contribution is 0.0936. The summed E-state index contributed by atoms with van der Waals surface area (Å²) < 4.78 is 0. The number of hydrogen-bond acceptors (Lipinski definition) is 3. The van der Waals surface area contributed by atoms with Gasteiger partial charge in [0.05, 0.1) is 6.10 Å². The second kappa shape index (κ2) is 7.98. The number of aliphatic hydroxyl groups is 1. The minimum Gasteiger partial charge on any atom is -0.393 e. The molecule has 0 saturated carbocycles. The maximum absolute atomic E-state index is 12.3. The second-order valence-electron chi connectivity index (χ2n) is 5.39. The smallest absolute Gasteiger partial charge is 0.268 e. The highest BCUT2D eigenvalue weighted by molar-refractivity contribution is 6.02. The van der Waals surface area contributed by atoms with E-state index in [1.54, 1.807) is 0 Å². The van der Waals surface area contributed by atoms with Gasteiger partial charge in [-0.2, -0.15) is 0 Å². The Kier molecular flexibility index (Phi) is 6.62. The maximum atomic E-state index is 12.3. The van der Waals surface area contributed by atoms with E-state index in [9.17, 15) is 14.7 Å². The first-order valence-corrected chi connectivity index (χ1v) is 7.60. The Morgan fingerprint density at radius 2 is 2.00 bits per heavy atom. The Hall–Kier alpha value is -1.62. The summed E-state index contributed by atoms with van der Waals surface area (Å²) in [4.78, 5) is 27.1. The lowest BCUT2D eigenvalue weighted by Gasteiger charge is -2.09.